The van der Waals surface area contributed by atoms with Gasteiger partial charge >= 0.3 is 12.1 Å². The smallest absolute Gasteiger partial charge is 0.416 e. The molecule has 0 spiro atoms. The molecule has 2 fully saturated rings. The van der Waals surface area contributed by atoms with Crippen molar-refractivity contribution in [1.29, 1.82) is 0 Å². The molecule has 2 atom stereocenters. The van der Waals surface area contributed by atoms with Crippen molar-refractivity contribution in [2.24, 2.45) is 5.92 Å². The van der Waals surface area contributed by atoms with Crippen molar-refractivity contribution in [3.63, 3.8) is 0 Å². The van der Waals surface area contributed by atoms with Crippen LogP contribution in [0.4, 0.5) is 18.9 Å². The molecular weight excluding hydrogens is 523 g/mol. The highest BCUT2D eigenvalue weighted by molar-refractivity contribution is 5.69. The number of nitrogens with zero attached hydrogens (tertiary/aromatic N) is 3. The Balaban J connectivity index is 1.43. The van der Waals surface area contributed by atoms with E-state index in [2.05, 4.69) is 9.80 Å². The topological polar surface area (TPSA) is 54.5 Å². The average Bonchev–Trinajstić information content (AvgIpc) is 2.96. The number of methoxy groups -OCH3 is 3. The van der Waals surface area contributed by atoms with E-state index in [1.807, 2.05) is 24.0 Å². The first-order valence-electron chi connectivity index (χ1n) is 13.8. The number of halogens is 3. The maximum absolute atomic E-state index is 13.2. The van der Waals surface area contributed by atoms with Crippen molar-refractivity contribution in [3.8, 4) is 11.5 Å². The third kappa shape index (κ3) is 7.01. The van der Waals surface area contributed by atoms with Crippen LogP contribution >= 0.6 is 0 Å². The molecule has 7 nitrogen and oxygen atoms in total. The molecule has 0 unspecified atom stereocenters. The molecule has 0 amide bonds. The molecule has 10 heteroatoms. The Labute approximate surface area is 234 Å². The Kier molecular flexibility index (Phi) is 9.84. The molecule has 0 N–H and O–H groups in total. The highest BCUT2D eigenvalue weighted by atomic mass is 19.4. The van der Waals surface area contributed by atoms with Crippen LogP contribution < -0.4 is 14.4 Å². The number of rotatable bonds is 9. The van der Waals surface area contributed by atoms with Crippen LogP contribution in [0.15, 0.2) is 36.4 Å². The van der Waals surface area contributed by atoms with Crippen LogP contribution in [0.3, 0.4) is 0 Å². The summed E-state index contributed by atoms with van der Waals surface area (Å²) in [6, 6.07) is 9.89. The lowest BCUT2D eigenvalue weighted by atomic mass is 9.86. The molecule has 220 valence electrons. The first-order chi connectivity index (χ1) is 19.1. The minimum absolute atomic E-state index is 0.210. The van der Waals surface area contributed by atoms with Crippen LogP contribution in [0.25, 0.3) is 0 Å². The number of esters is 1. The summed E-state index contributed by atoms with van der Waals surface area (Å²) in [5.74, 6) is 1.67. The first-order valence-corrected chi connectivity index (χ1v) is 13.8. The molecule has 2 aromatic carbocycles. The number of alkyl halides is 3. The van der Waals surface area contributed by atoms with Crippen molar-refractivity contribution < 1.29 is 32.2 Å². The fourth-order valence-corrected chi connectivity index (χ4v) is 6.20. The van der Waals surface area contributed by atoms with Gasteiger partial charge < -0.3 is 19.1 Å². The van der Waals surface area contributed by atoms with Gasteiger partial charge in [-0.1, -0.05) is 12.1 Å². The molecule has 0 saturated carbocycles. The number of piperidine rings is 1. The molecular formula is C30H40F3N3O4. The van der Waals surface area contributed by atoms with Gasteiger partial charge in [-0.15, -0.1) is 0 Å². The minimum Gasteiger partial charge on any atom is -0.496 e. The Morgan fingerprint density at radius 2 is 1.75 bits per heavy atom. The standard InChI is InChI=1S/C30H40F3N3O4/c1-21-27(38-2)10-8-23(29(21)40-4)20-34-13-12-26(22(19-34)9-11-28(37)39-3)36-16-14-35(15-17-36)25-7-5-6-24(18-25)30(31,32)33/h5-8,10,18,22,26H,9,11-17,19-20H2,1-4H3/t22-,26+/m0/s1. The summed E-state index contributed by atoms with van der Waals surface area (Å²) >= 11 is 0. The molecule has 0 bridgehead atoms. The van der Waals surface area contributed by atoms with Gasteiger partial charge in [0.05, 0.1) is 26.9 Å². The third-order valence-corrected chi connectivity index (χ3v) is 8.30. The fraction of sp³-hybridized carbons (Fsp3) is 0.567. The van der Waals surface area contributed by atoms with Gasteiger partial charge in [-0.05, 0) is 56.5 Å². The molecule has 2 aromatic rings. The maximum atomic E-state index is 13.2. The molecule has 2 saturated heterocycles. The molecule has 4 rings (SSSR count). The molecule has 0 radical (unpaired) electrons. The number of carbonyl (C=O) groups excluding carboxylic acids is 1. The average molecular weight is 564 g/mol. The Morgan fingerprint density at radius 3 is 2.40 bits per heavy atom. The molecule has 0 aliphatic carbocycles. The zero-order chi connectivity index (χ0) is 28.9. The van der Waals surface area contributed by atoms with Crippen LogP contribution in [0, 0.1) is 12.8 Å². The molecule has 2 aliphatic heterocycles. The lowest BCUT2D eigenvalue weighted by molar-refractivity contribution is -0.141. The molecule has 2 heterocycles. The number of hydrogen-bond donors (Lipinski definition) is 0. The van der Waals surface area contributed by atoms with Gasteiger partial charge in [-0.25, -0.2) is 0 Å². The van der Waals surface area contributed by atoms with Gasteiger partial charge in [0.1, 0.15) is 11.5 Å². The zero-order valence-electron chi connectivity index (χ0n) is 23.8. The minimum atomic E-state index is -4.35. The number of carbonyl (C=O) groups is 1. The van der Waals surface area contributed by atoms with E-state index in [4.69, 9.17) is 14.2 Å². The van der Waals surface area contributed by atoms with Crippen molar-refractivity contribution in [1.82, 2.24) is 9.80 Å². The Hall–Kier alpha value is -2.98. The van der Waals surface area contributed by atoms with Crippen LogP contribution in [0.1, 0.15) is 36.0 Å². The van der Waals surface area contributed by atoms with Gasteiger partial charge in [0.25, 0.3) is 0 Å². The van der Waals surface area contributed by atoms with Crippen LogP contribution in [0.5, 0.6) is 11.5 Å². The molecule has 0 aromatic heterocycles. The summed E-state index contributed by atoms with van der Waals surface area (Å²) in [7, 11) is 4.74. The van der Waals surface area contributed by atoms with Gasteiger partial charge in [-0.2, -0.15) is 13.2 Å². The van der Waals surface area contributed by atoms with Gasteiger partial charge in [0.2, 0.25) is 0 Å². The predicted molar refractivity (Wildman–Crippen MR) is 148 cm³/mol. The first kappa shape index (κ1) is 30.0. The lowest BCUT2D eigenvalue weighted by Gasteiger charge is -2.47. The fourth-order valence-electron chi connectivity index (χ4n) is 6.20. The van der Waals surface area contributed by atoms with E-state index in [0.29, 0.717) is 31.2 Å². The third-order valence-electron chi connectivity index (χ3n) is 8.30. The van der Waals surface area contributed by atoms with Crippen molar-refractivity contribution >= 4 is 11.7 Å². The predicted octanol–water partition coefficient (Wildman–Crippen LogP) is 5.00. The van der Waals surface area contributed by atoms with Crippen molar-refractivity contribution in [3.05, 3.63) is 53.1 Å². The van der Waals surface area contributed by atoms with Gasteiger partial charge in [-0.3, -0.25) is 14.6 Å². The van der Waals surface area contributed by atoms with Crippen molar-refractivity contribution in [2.45, 2.75) is 44.9 Å². The second-order valence-electron chi connectivity index (χ2n) is 10.6. The quantitative estimate of drug-likeness (QED) is 0.398. The van der Waals surface area contributed by atoms with Crippen LogP contribution in [-0.2, 0) is 22.3 Å². The highest BCUT2D eigenvalue weighted by Gasteiger charge is 2.36. The highest BCUT2D eigenvalue weighted by Crippen LogP contribution is 2.35. The molecule has 40 heavy (non-hydrogen) atoms. The maximum Gasteiger partial charge on any atom is 0.416 e. The summed E-state index contributed by atoms with van der Waals surface area (Å²) < 4.78 is 55.8. The van der Waals surface area contributed by atoms with Crippen molar-refractivity contribution in [2.75, 3.05) is 65.5 Å². The van der Waals surface area contributed by atoms with Gasteiger partial charge in [0, 0.05) is 68.5 Å². The van der Waals surface area contributed by atoms with E-state index in [1.165, 1.54) is 19.2 Å². The number of ether oxygens (including phenoxy) is 3. The Morgan fingerprint density at radius 1 is 1.00 bits per heavy atom. The van der Waals surface area contributed by atoms with E-state index in [0.717, 1.165) is 74.3 Å². The summed E-state index contributed by atoms with van der Waals surface area (Å²) in [6.45, 7) is 7.32. The lowest BCUT2D eigenvalue weighted by Crippen LogP contribution is -2.56. The number of piperazine rings is 1. The van der Waals surface area contributed by atoms with Gasteiger partial charge in [0.15, 0.2) is 0 Å². The number of benzene rings is 2. The van der Waals surface area contributed by atoms with E-state index in [9.17, 15) is 18.0 Å². The Bertz CT molecular complexity index is 1150. The number of likely N-dealkylation sites (tertiary alicyclic amines) is 1. The summed E-state index contributed by atoms with van der Waals surface area (Å²) in [6.07, 6.45) is -2.32. The van der Waals surface area contributed by atoms with Crippen LogP contribution in [-0.4, -0.2) is 82.4 Å². The van der Waals surface area contributed by atoms with E-state index in [1.54, 1.807) is 20.3 Å². The summed E-state index contributed by atoms with van der Waals surface area (Å²) in [5.41, 5.74) is 2.06. The summed E-state index contributed by atoms with van der Waals surface area (Å²) in [4.78, 5) is 18.9. The van der Waals surface area contributed by atoms with E-state index >= 15 is 0 Å². The van der Waals surface area contributed by atoms with E-state index in [-0.39, 0.29) is 11.9 Å². The SMILES string of the molecule is COC(=O)CC[C@H]1CN(Cc2ccc(OC)c(C)c2OC)CC[C@H]1N1CCN(c2cccc(C(F)(F)F)c2)CC1. The largest absolute Gasteiger partial charge is 0.496 e. The summed E-state index contributed by atoms with van der Waals surface area (Å²) in [5, 5.41) is 0. The number of anilines is 1. The van der Waals surface area contributed by atoms with E-state index < -0.39 is 11.7 Å². The normalized spacial score (nSPS) is 20.8. The second-order valence-corrected chi connectivity index (χ2v) is 10.6. The monoisotopic (exact) mass is 563 g/mol. The number of hydrogen-bond acceptors (Lipinski definition) is 7. The van der Waals surface area contributed by atoms with Crippen LogP contribution in [0.2, 0.25) is 0 Å². The zero-order valence-corrected chi connectivity index (χ0v) is 23.8. The second kappa shape index (κ2) is 13.1. The molecule has 2 aliphatic rings.